The van der Waals surface area contributed by atoms with Gasteiger partial charge in [0.2, 0.25) is 0 Å². The largest absolute Gasteiger partial charge is 0.497 e. The average Bonchev–Trinajstić information content (AvgIpc) is 2.97. The molecule has 0 aliphatic heterocycles. The molecule has 1 heterocycles. The second-order valence-electron chi connectivity index (χ2n) is 4.54. The third-order valence-corrected chi connectivity index (χ3v) is 3.17. The van der Waals surface area contributed by atoms with Crippen molar-refractivity contribution in [1.82, 2.24) is 5.43 Å². The fourth-order valence-electron chi connectivity index (χ4n) is 2.10. The third-order valence-electron chi connectivity index (χ3n) is 3.17. The number of hydrogen-bond acceptors (Lipinski definition) is 4. The Bertz CT molecular complexity index is 483. The van der Waals surface area contributed by atoms with Gasteiger partial charge in [0.1, 0.15) is 11.5 Å². The molecule has 0 aliphatic carbocycles. The summed E-state index contributed by atoms with van der Waals surface area (Å²) in [5, 5.41) is 0. The number of aryl methyl sites for hydroxylation is 1. The Balaban J connectivity index is 1.90. The van der Waals surface area contributed by atoms with E-state index < -0.39 is 0 Å². The molecule has 3 N–H and O–H groups in total. The van der Waals surface area contributed by atoms with E-state index in [1.165, 1.54) is 5.56 Å². The first-order valence-electron chi connectivity index (χ1n) is 6.43. The Morgan fingerprint density at radius 1 is 1.32 bits per heavy atom. The SMILES string of the molecule is COc1cccc(CC(CCc2ccco2)NN)c1. The monoisotopic (exact) mass is 260 g/mol. The topological polar surface area (TPSA) is 60.4 Å². The summed E-state index contributed by atoms with van der Waals surface area (Å²) in [6.45, 7) is 0. The molecule has 2 rings (SSSR count). The predicted molar refractivity (Wildman–Crippen MR) is 74.8 cm³/mol. The summed E-state index contributed by atoms with van der Waals surface area (Å²) in [7, 11) is 1.68. The molecule has 0 bridgehead atoms. The van der Waals surface area contributed by atoms with Crippen molar-refractivity contribution in [2.75, 3.05) is 7.11 Å². The molecule has 0 aliphatic rings. The van der Waals surface area contributed by atoms with Gasteiger partial charge in [0.05, 0.1) is 13.4 Å². The van der Waals surface area contributed by atoms with Gasteiger partial charge in [-0.15, -0.1) is 0 Å². The molecule has 0 spiro atoms. The van der Waals surface area contributed by atoms with Crippen LogP contribution in [0.1, 0.15) is 17.7 Å². The predicted octanol–water partition coefficient (Wildman–Crippen LogP) is 2.30. The van der Waals surface area contributed by atoms with E-state index in [0.717, 1.165) is 30.8 Å². The van der Waals surface area contributed by atoms with Crippen molar-refractivity contribution < 1.29 is 9.15 Å². The van der Waals surface area contributed by atoms with Gasteiger partial charge in [0.15, 0.2) is 0 Å². The third kappa shape index (κ3) is 4.12. The summed E-state index contributed by atoms with van der Waals surface area (Å²) in [6, 6.07) is 12.2. The molecule has 0 fully saturated rings. The lowest BCUT2D eigenvalue weighted by Crippen LogP contribution is -2.37. The van der Waals surface area contributed by atoms with Crippen LogP contribution in [0.25, 0.3) is 0 Å². The maximum absolute atomic E-state index is 5.62. The molecule has 4 nitrogen and oxygen atoms in total. The standard InChI is InChI=1S/C15H20N2O2/c1-18-15-5-2-4-12(11-15)10-13(17-16)7-8-14-6-3-9-19-14/h2-6,9,11,13,17H,7-8,10,16H2,1H3. The van der Waals surface area contributed by atoms with Gasteiger partial charge in [-0.05, 0) is 42.7 Å². The Morgan fingerprint density at radius 3 is 2.89 bits per heavy atom. The molecule has 19 heavy (non-hydrogen) atoms. The number of furan rings is 1. The lowest BCUT2D eigenvalue weighted by atomic mass is 10.0. The molecule has 0 radical (unpaired) electrons. The summed E-state index contributed by atoms with van der Waals surface area (Å²) in [5.41, 5.74) is 4.08. The lowest BCUT2D eigenvalue weighted by Gasteiger charge is -2.15. The second-order valence-corrected chi connectivity index (χ2v) is 4.54. The van der Waals surface area contributed by atoms with Crippen LogP contribution in [0.15, 0.2) is 47.1 Å². The minimum atomic E-state index is 0.220. The number of benzene rings is 1. The van der Waals surface area contributed by atoms with E-state index in [2.05, 4.69) is 11.5 Å². The van der Waals surface area contributed by atoms with Crippen LogP contribution >= 0.6 is 0 Å². The molecule has 0 saturated carbocycles. The number of nitrogens with one attached hydrogen (secondary N) is 1. The number of rotatable bonds is 7. The van der Waals surface area contributed by atoms with Crippen molar-refractivity contribution >= 4 is 0 Å². The molecule has 1 atom stereocenters. The highest BCUT2D eigenvalue weighted by atomic mass is 16.5. The number of hydrogen-bond donors (Lipinski definition) is 2. The molecular weight excluding hydrogens is 240 g/mol. The van der Waals surface area contributed by atoms with Crippen LogP contribution in [-0.4, -0.2) is 13.2 Å². The summed E-state index contributed by atoms with van der Waals surface area (Å²) in [5.74, 6) is 7.48. The molecule has 2 aromatic rings. The number of methoxy groups -OCH3 is 1. The van der Waals surface area contributed by atoms with Gasteiger partial charge in [0.25, 0.3) is 0 Å². The van der Waals surface area contributed by atoms with Crippen LogP contribution in [0.4, 0.5) is 0 Å². The average molecular weight is 260 g/mol. The van der Waals surface area contributed by atoms with Crippen molar-refractivity contribution in [3.8, 4) is 5.75 Å². The van der Waals surface area contributed by atoms with E-state index in [-0.39, 0.29) is 6.04 Å². The highest BCUT2D eigenvalue weighted by Crippen LogP contribution is 2.15. The summed E-state index contributed by atoms with van der Waals surface area (Å²) in [6.07, 6.45) is 4.38. The Labute approximate surface area is 113 Å². The second kappa shape index (κ2) is 6.97. The molecule has 0 amide bonds. The van der Waals surface area contributed by atoms with E-state index in [9.17, 15) is 0 Å². The van der Waals surface area contributed by atoms with Gasteiger partial charge in [0, 0.05) is 12.5 Å². The van der Waals surface area contributed by atoms with Gasteiger partial charge in [-0.25, -0.2) is 0 Å². The zero-order valence-electron chi connectivity index (χ0n) is 11.1. The number of ether oxygens (including phenoxy) is 1. The molecule has 0 saturated heterocycles. The van der Waals surface area contributed by atoms with E-state index >= 15 is 0 Å². The van der Waals surface area contributed by atoms with Crippen molar-refractivity contribution in [3.05, 3.63) is 54.0 Å². The Kier molecular flexibility index (Phi) is 5.01. The highest BCUT2D eigenvalue weighted by molar-refractivity contribution is 5.28. The first kappa shape index (κ1) is 13.6. The van der Waals surface area contributed by atoms with Gasteiger partial charge in [-0.2, -0.15) is 0 Å². The molecule has 1 aromatic carbocycles. The van der Waals surface area contributed by atoms with Crippen LogP contribution < -0.4 is 16.0 Å². The highest BCUT2D eigenvalue weighted by Gasteiger charge is 2.09. The lowest BCUT2D eigenvalue weighted by molar-refractivity contribution is 0.413. The van der Waals surface area contributed by atoms with Crippen molar-refractivity contribution in [3.63, 3.8) is 0 Å². The van der Waals surface area contributed by atoms with E-state index in [1.807, 2.05) is 30.3 Å². The molecule has 102 valence electrons. The molecule has 1 aromatic heterocycles. The summed E-state index contributed by atoms with van der Waals surface area (Å²) < 4.78 is 10.5. The number of hydrazine groups is 1. The van der Waals surface area contributed by atoms with Gasteiger partial charge < -0.3 is 9.15 Å². The summed E-state index contributed by atoms with van der Waals surface area (Å²) in [4.78, 5) is 0. The van der Waals surface area contributed by atoms with E-state index in [1.54, 1.807) is 13.4 Å². The van der Waals surface area contributed by atoms with Crippen LogP contribution in [0.2, 0.25) is 0 Å². The smallest absolute Gasteiger partial charge is 0.119 e. The number of nitrogens with two attached hydrogens (primary N) is 1. The molecule has 1 unspecified atom stereocenters. The van der Waals surface area contributed by atoms with Crippen molar-refractivity contribution in [2.24, 2.45) is 5.84 Å². The van der Waals surface area contributed by atoms with Gasteiger partial charge >= 0.3 is 0 Å². The van der Waals surface area contributed by atoms with Crippen LogP contribution in [0.5, 0.6) is 5.75 Å². The zero-order valence-corrected chi connectivity index (χ0v) is 11.1. The first-order chi connectivity index (χ1) is 9.31. The van der Waals surface area contributed by atoms with Crippen molar-refractivity contribution in [1.29, 1.82) is 0 Å². The first-order valence-corrected chi connectivity index (χ1v) is 6.43. The van der Waals surface area contributed by atoms with Crippen LogP contribution in [-0.2, 0) is 12.8 Å². The maximum atomic E-state index is 5.62. The fraction of sp³-hybridized carbons (Fsp3) is 0.333. The maximum Gasteiger partial charge on any atom is 0.119 e. The Morgan fingerprint density at radius 2 is 2.21 bits per heavy atom. The zero-order chi connectivity index (χ0) is 13.5. The fourth-order valence-corrected chi connectivity index (χ4v) is 2.10. The minimum Gasteiger partial charge on any atom is -0.497 e. The minimum absolute atomic E-state index is 0.220. The molecule has 4 heteroatoms. The van der Waals surface area contributed by atoms with Gasteiger partial charge in [-0.1, -0.05) is 12.1 Å². The molecular formula is C15H20N2O2. The summed E-state index contributed by atoms with van der Waals surface area (Å²) >= 11 is 0. The Hall–Kier alpha value is -1.78. The van der Waals surface area contributed by atoms with E-state index in [0.29, 0.717) is 0 Å². The van der Waals surface area contributed by atoms with E-state index in [4.69, 9.17) is 15.0 Å². The van der Waals surface area contributed by atoms with Gasteiger partial charge in [-0.3, -0.25) is 11.3 Å². The quantitative estimate of drug-likeness (QED) is 0.592. The van der Waals surface area contributed by atoms with Crippen LogP contribution in [0, 0.1) is 0 Å². The van der Waals surface area contributed by atoms with Crippen molar-refractivity contribution in [2.45, 2.75) is 25.3 Å². The van der Waals surface area contributed by atoms with Crippen LogP contribution in [0.3, 0.4) is 0 Å². The normalized spacial score (nSPS) is 12.3.